The summed E-state index contributed by atoms with van der Waals surface area (Å²) in [4.78, 5) is 18.2. The maximum Gasteiger partial charge on any atom is 0.287 e. The van der Waals surface area contributed by atoms with Crippen molar-refractivity contribution in [3.63, 3.8) is 0 Å². The summed E-state index contributed by atoms with van der Waals surface area (Å²) < 4.78 is 32.2. The molecule has 1 fully saturated rings. The van der Waals surface area contributed by atoms with Gasteiger partial charge in [-0.15, -0.1) is 0 Å². The third-order valence-electron chi connectivity index (χ3n) is 4.54. The highest BCUT2D eigenvalue weighted by Gasteiger charge is 2.25. The molecule has 9 heteroatoms. The minimum Gasteiger partial charge on any atom is -0.459 e. The Hall–Kier alpha value is -3.10. The molecule has 0 radical (unpaired) electrons. The normalized spacial score (nSPS) is 16.7. The first-order valence-corrected chi connectivity index (χ1v) is 9.63. The molecular formula is C20H25F2N5O2. The fourth-order valence-electron chi connectivity index (χ4n) is 3.18. The van der Waals surface area contributed by atoms with Gasteiger partial charge >= 0.3 is 0 Å². The molecule has 1 aliphatic rings. The second-order valence-electron chi connectivity index (χ2n) is 6.67. The number of anilines is 1. The number of hydrogen-bond acceptors (Lipinski definition) is 4. The van der Waals surface area contributed by atoms with E-state index in [9.17, 15) is 13.6 Å². The van der Waals surface area contributed by atoms with Crippen LogP contribution < -0.4 is 20.9 Å². The fraction of sp³-hybridized carbons (Fsp3) is 0.400. The van der Waals surface area contributed by atoms with E-state index in [2.05, 4.69) is 20.9 Å². The van der Waals surface area contributed by atoms with E-state index in [1.807, 2.05) is 11.8 Å². The lowest BCUT2D eigenvalue weighted by atomic mass is 10.2. The van der Waals surface area contributed by atoms with E-state index in [0.29, 0.717) is 44.4 Å². The molecule has 1 aromatic carbocycles. The maximum absolute atomic E-state index is 14.0. The van der Waals surface area contributed by atoms with E-state index in [0.717, 1.165) is 12.5 Å². The second kappa shape index (κ2) is 9.90. The third kappa shape index (κ3) is 5.69. The minimum atomic E-state index is -0.583. The molecular weight excluding hydrogens is 380 g/mol. The smallest absolute Gasteiger partial charge is 0.287 e. The monoisotopic (exact) mass is 405 g/mol. The van der Waals surface area contributed by atoms with Crippen LogP contribution in [-0.4, -0.2) is 50.6 Å². The van der Waals surface area contributed by atoms with E-state index < -0.39 is 11.6 Å². The number of rotatable bonds is 7. The number of carbonyl (C=O) groups is 1. The number of hydrogen-bond donors (Lipinski definition) is 3. The van der Waals surface area contributed by atoms with Gasteiger partial charge in [-0.3, -0.25) is 9.79 Å². The summed E-state index contributed by atoms with van der Waals surface area (Å²) in [5, 5.41) is 9.24. The maximum atomic E-state index is 14.0. The summed E-state index contributed by atoms with van der Waals surface area (Å²) in [6.45, 7) is 4.66. The fourth-order valence-corrected chi connectivity index (χ4v) is 3.18. The van der Waals surface area contributed by atoms with E-state index in [-0.39, 0.29) is 17.7 Å². The molecule has 0 aliphatic carbocycles. The van der Waals surface area contributed by atoms with Gasteiger partial charge < -0.3 is 25.3 Å². The lowest BCUT2D eigenvalue weighted by Gasteiger charge is -2.21. The zero-order valence-electron chi connectivity index (χ0n) is 16.3. The van der Waals surface area contributed by atoms with Crippen molar-refractivity contribution in [3.8, 4) is 0 Å². The van der Waals surface area contributed by atoms with E-state index in [1.54, 1.807) is 12.1 Å². The molecule has 1 amide bonds. The first-order chi connectivity index (χ1) is 14.1. The van der Waals surface area contributed by atoms with Crippen LogP contribution in [0.15, 0.2) is 46.0 Å². The van der Waals surface area contributed by atoms with Crippen molar-refractivity contribution in [2.75, 3.05) is 37.6 Å². The van der Waals surface area contributed by atoms with Gasteiger partial charge in [-0.1, -0.05) is 0 Å². The van der Waals surface area contributed by atoms with E-state index >= 15 is 0 Å². The van der Waals surface area contributed by atoms with Crippen LogP contribution in [-0.2, 0) is 0 Å². The molecule has 1 aromatic heterocycles. The Labute approximate surface area is 168 Å². The van der Waals surface area contributed by atoms with Crippen molar-refractivity contribution < 1.29 is 18.0 Å². The standard InChI is InChI=1S/C20H25F2N5O2/c1-2-23-20(25-9-8-24-19(28)18-4-3-11-29-18)26-15-7-10-27(13-15)17-6-5-14(21)12-16(17)22/h3-6,11-12,15H,2,7-10,13H2,1H3,(H,24,28)(H2,23,25,26). The minimum absolute atomic E-state index is 0.0787. The molecule has 1 unspecified atom stereocenters. The van der Waals surface area contributed by atoms with Crippen LogP contribution in [0.5, 0.6) is 0 Å². The predicted molar refractivity (Wildman–Crippen MR) is 107 cm³/mol. The zero-order valence-corrected chi connectivity index (χ0v) is 16.3. The molecule has 156 valence electrons. The van der Waals surface area contributed by atoms with Crippen molar-refractivity contribution in [2.45, 2.75) is 19.4 Å². The first-order valence-electron chi connectivity index (χ1n) is 9.63. The van der Waals surface area contributed by atoms with Gasteiger partial charge in [-0.2, -0.15) is 0 Å². The van der Waals surface area contributed by atoms with Gasteiger partial charge in [-0.25, -0.2) is 8.78 Å². The lowest BCUT2D eigenvalue weighted by molar-refractivity contribution is 0.0927. The predicted octanol–water partition coefficient (Wildman–Crippen LogP) is 2.12. The number of benzene rings is 1. The number of guanidine groups is 1. The Morgan fingerprint density at radius 1 is 1.31 bits per heavy atom. The molecule has 2 heterocycles. The van der Waals surface area contributed by atoms with Gasteiger partial charge in [0, 0.05) is 38.3 Å². The van der Waals surface area contributed by atoms with Gasteiger partial charge in [0.25, 0.3) is 5.91 Å². The topological polar surface area (TPSA) is 81.9 Å². The Balaban J connectivity index is 1.49. The molecule has 0 saturated carbocycles. The number of nitrogens with one attached hydrogen (secondary N) is 3. The molecule has 7 nitrogen and oxygen atoms in total. The number of carbonyl (C=O) groups excluding carboxylic acids is 1. The van der Waals surface area contributed by atoms with E-state index in [1.165, 1.54) is 18.4 Å². The molecule has 1 saturated heterocycles. The van der Waals surface area contributed by atoms with Gasteiger partial charge in [0.1, 0.15) is 11.6 Å². The van der Waals surface area contributed by atoms with Gasteiger partial charge in [0.2, 0.25) is 0 Å². The molecule has 29 heavy (non-hydrogen) atoms. The van der Waals surface area contributed by atoms with Gasteiger partial charge in [0.05, 0.1) is 18.5 Å². The molecule has 0 spiro atoms. The average Bonchev–Trinajstić information content (AvgIpc) is 3.37. The number of halogens is 2. The molecule has 2 aromatic rings. The van der Waals surface area contributed by atoms with Gasteiger partial charge in [0.15, 0.2) is 11.7 Å². The first kappa shape index (κ1) is 20.6. The Bertz CT molecular complexity index is 841. The van der Waals surface area contributed by atoms with Crippen LogP contribution >= 0.6 is 0 Å². The van der Waals surface area contributed by atoms with Crippen LogP contribution in [0.2, 0.25) is 0 Å². The summed E-state index contributed by atoms with van der Waals surface area (Å²) in [5.74, 6) is -0.528. The molecule has 1 atom stereocenters. The van der Waals surface area contributed by atoms with Crippen LogP contribution in [0.4, 0.5) is 14.5 Å². The Morgan fingerprint density at radius 2 is 2.17 bits per heavy atom. The Morgan fingerprint density at radius 3 is 2.90 bits per heavy atom. The van der Waals surface area contributed by atoms with Crippen LogP contribution in [0.25, 0.3) is 0 Å². The summed E-state index contributed by atoms with van der Waals surface area (Å²) in [5.41, 5.74) is 0.401. The van der Waals surface area contributed by atoms with Crippen LogP contribution in [0, 0.1) is 11.6 Å². The third-order valence-corrected chi connectivity index (χ3v) is 4.54. The van der Waals surface area contributed by atoms with Crippen molar-refractivity contribution in [2.24, 2.45) is 4.99 Å². The highest BCUT2D eigenvalue weighted by Crippen LogP contribution is 2.24. The lowest BCUT2D eigenvalue weighted by Crippen LogP contribution is -2.45. The molecule has 0 bridgehead atoms. The summed E-state index contributed by atoms with van der Waals surface area (Å²) >= 11 is 0. The number of amides is 1. The SMILES string of the molecule is CCNC(=NCCNC(=O)c1ccco1)NC1CCN(c2ccc(F)cc2F)C1. The van der Waals surface area contributed by atoms with Crippen molar-refractivity contribution in [1.29, 1.82) is 0 Å². The van der Waals surface area contributed by atoms with Crippen LogP contribution in [0.3, 0.4) is 0 Å². The quantitative estimate of drug-likeness (QED) is 0.374. The van der Waals surface area contributed by atoms with Crippen molar-refractivity contribution in [1.82, 2.24) is 16.0 Å². The number of aliphatic imine (C=N–C) groups is 1. The van der Waals surface area contributed by atoms with Crippen molar-refractivity contribution >= 4 is 17.6 Å². The highest BCUT2D eigenvalue weighted by molar-refractivity contribution is 5.91. The highest BCUT2D eigenvalue weighted by atomic mass is 19.1. The second-order valence-corrected chi connectivity index (χ2v) is 6.67. The van der Waals surface area contributed by atoms with Crippen molar-refractivity contribution in [3.05, 3.63) is 54.0 Å². The number of nitrogens with zero attached hydrogens (tertiary/aromatic N) is 2. The summed E-state index contributed by atoms with van der Waals surface area (Å²) in [6, 6.07) is 6.96. The Kier molecular flexibility index (Phi) is 7.04. The summed E-state index contributed by atoms with van der Waals surface area (Å²) in [6.07, 6.45) is 2.25. The average molecular weight is 405 g/mol. The molecule has 3 N–H and O–H groups in total. The molecule has 3 rings (SSSR count). The van der Waals surface area contributed by atoms with E-state index in [4.69, 9.17) is 4.42 Å². The number of furan rings is 1. The zero-order chi connectivity index (χ0) is 20.6. The largest absolute Gasteiger partial charge is 0.459 e. The summed E-state index contributed by atoms with van der Waals surface area (Å²) in [7, 11) is 0. The van der Waals surface area contributed by atoms with Crippen LogP contribution in [0.1, 0.15) is 23.9 Å². The molecule has 1 aliphatic heterocycles. The van der Waals surface area contributed by atoms with Gasteiger partial charge in [-0.05, 0) is 37.6 Å².